The zero-order chi connectivity index (χ0) is 12.5. The van der Waals surface area contributed by atoms with Crippen LogP contribution < -0.4 is 10.5 Å². The largest absolute Gasteiger partial charge is 0.453 e. The van der Waals surface area contributed by atoms with E-state index in [0.717, 1.165) is 16.7 Å². The lowest BCUT2D eigenvalue weighted by Gasteiger charge is -2.07. The Bertz CT molecular complexity index is 705. The first-order valence-corrected chi connectivity index (χ1v) is 5.54. The summed E-state index contributed by atoms with van der Waals surface area (Å²) in [6.07, 6.45) is 5.15. The highest BCUT2D eigenvalue weighted by Crippen LogP contribution is 2.30. The van der Waals surface area contributed by atoms with E-state index in [1.165, 1.54) is 0 Å². The number of ether oxygens (including phenoxy) is 1. The Kier molecular flexibility index (Phi) is 2.37. The van der Waals surface area contributed by atoms with E-state index in [0.29, 0.717) is 11.4 Å². The monoisotopic (exact) mass is 240 g/mol. The van der Waals surface area contributed by atoms with Gasteiger partial charge in [-0.05, 0) is 18.2 Å². The van der Waals surface area contributed by atoms with Crippen molar-refractivity contribution in [3.8, 4) is 11.5 Å². The van der Waals surface area contributed by atoms with Crippen LogP contribution in [0.2, 0.25) is 0 Å². The van der Waals surface area contributed by atoms with Crippen LogP contribution >= 0.6 is 0 Å². The standard InChI is InChI=1S/C13H12N4O/c1-17-8-9(7-16-17)18-12-5-6-15-13-10(12)3-2-4-11(13)14/h2-8H,14H2,1H3. The number of anilines is 1. The average molecular weight is 240 g/mol. The lowest BCUT2D eigenvalue weighted by Crippen LogP contribution is -1.91. The second kappa shape index (κ2) is 4.03. The van der Waals surface area contributed by atoms with Crippen molar-refractivity contribution >= 4 is 16.6 Å². The summed E-state index contributed by atoms with van der Waals surface area (Å²) in [4.78, 5) is 4.26. The summed E-state index contributed by atoms with van der Waals surface area (Å²) in [6, 6.07) is 7.46. The summed E-state index contributed by atoms with van der Waals surface area (Å²) in [7, 11) is 1.84. The van der Waals surface area contributed by atoms with Gasteiger partial charge in [0.15, 0.2) is 5.75 Å². The minimum atomic E-state index is 0.643. The van der Waals surface area contributed by atoms with Gasteiger partial charge in [-0.25, -0.2) is 0 Å². The van der Waals surface area contributed by atoms with Crippen molar-refractivity contribution in [2.45, 2.75) is 0 Å². The summed E-state index contributed by atoms with van der Waals surface area (Å²) in [5, 5.41) is 4.95. The maximum atomic E-state index is 5.89. The molecule has 2 aromatic heterocycles. The van der Waals surface area contributed by atoms with Crippen molar-refractivity contribution < 1.29 is 4.74 Å². The lowest BCUT2D eigenvalue weighted by atomic mass is 10.2. The Morgan fingerprint density at radius 3 is 2.94 bits per heavy atom. The van der Waals surface area contributed by atoms with Gasteiger partial charge in [0.05, 0.1) is 23.6 Å². The van der Waals surface area contributed by atoms with Gasteiger partial charge in [0.25, 0.3) is 0 Å². The quantitative estimate of drug-likeness (QED) is 0.698. The molecule has 0 atom stereocenters. The lowest BCUT2D eigenvalue weighted by molar-refractivity contribution is 0.487. The van der Waals surface area contributed by atoms with Crippen LogP contribution in [0.5, 0.6) is 11.5 Å². The molecule has 0 fully saturated rings. The fourth-order valence-corrected chi connectivity index (χ4v) is 1.84. The highest BCUT2D eigenvalue weighted by Gasteiger charge is 2.07. The minimum absolute atomic E-state index is 0.643. The van der Waals surface area contributed by atoms with Crippen molar-refractivity contribution in [1.82, 2.24) is 14.8 Å². The number of fused-ring (bicyclic) bond motifs is 1. The van der Waals surface area contributed by atoms with E-state index < -0.39 is 0 Å². The fourth-order valence-electron chi connectivity index (χ4n) is 1.84. The smallest absolute Gasteiger partial charge is 0.165 e. The summed E-state index contributed by atoms with van der Waals surface area (Å²) < 4.78 is 7.48. The summed E-state index contributed by atoms with van der Waals surface area (Å²) in [5.41, 5.74) is 7.28. The van der Waals surface area contributed by atoms with Gasteiger partial charge in [-0.1, -0.05) is 6.07 Å². The Balaban J connectivity index is 2.09. The molecule has 0 bridgehead atoms. The van der Waals surface area contributed by atoms with Crippen molar-refractivity contribution in [2.75, 3.05) is 5.73 Å². The van der Waals surface area contributed by atoms with Gasteiger partial charge in [0.2, 0.25) is 0 Å². The number of nitrogens with two attached hydrogens (primary N) is 1. The van der Waals surface area contributed by atoms with Crippen LogP contribution in [0.25, 0.3) is 10.9 Å². The predicted octanol–water partition coefficient (Wildman–Crippen LogP) is 2.34. The van der Waals surface area contributed by atoms with Gasteiger partial charge < -0.3 is 10.5 Å². The van der Waals surface area contributed by atoms with Crippen LogP contribution in [0.4, 0.5) is 5.69 Å². The van der Waals surface area contributed by atoms with Crippen molar-refractivity contribution in [1.29, 1.82) is 0 Å². The molecule has 5 nitrogen and oxygen atoms in total. The molecule has 3 rings (SSSR count). The molecular formula is C13H12N4O. The molecule has 0 spiro atoms. The number of nitrogen functional groups attached to an aromatic ring is 1. The van der Waals surface area contributed by atoms with Gasteiger partial charge in [0.1, 0.15) is 5.75 Å². The Morgan fingerprint density at radius 2 is 2.17 bits per heavy atom. The molecular weight excluding hydrogens is 228 g/mol. The molecule has 0 saturated carbocycles. The first kappa shape index (κ1) is 10.6. The molecule has 2 N–H and O–H groups in total. The summed E-state index contributed by atoms with van der Waals surface area (Å²) in [5.74, 6) is 1.41. The first-order chi connectivity index (χ1) is 8.74. The molecule has 0 aliphatic carbocycles. The number of benzene rings is 1. The summed E-state index contributed by atoms with van der Waals surface area (Å²) in [6.45, 7) is 0. The molecule has 18 heavy (non-hydrogen) atoms. The van der Waals surface area contributed by atoms with Crippen LogP contribution in [0.1, 0.15) is 0 Å². The molecule has 0 amide bonds. The third kappa shape index (κ3) is 1.75. The molecule has 5 heteroatoms. The van der Waals surface area contributed by atoms with E-state index in [-0.39, 0.29) is 0 Å². The van der Waals surface area contributed by atoms with Gasteiger partial charge in [-0.3, -0.25) is 9.67 Å². The number of rotatable bonds is 2. The second-order valence-electron chi connectivity index (χ2n) is 4.00. The second-order valence-corrected chi connectivity index (χ2v) is 4.00. The molecule has 0 radical (unpaired) electrons. The van der Waals surface area contributed by atoms with E-state index >= 15 is 0 Å². The van der Waals surface area contributed by atoms with Crippen LogP contribution in [0.3, 0.4) is 0 Å². The normalized spacial score (nSPS) is 10.7. The third-order valence-corrected chi connectivity index (χ3v) is 2.67. The Morgan fingerprint density at radius 1 is 1.28 bits per heavy atom. The molecule has 2 heterocycles. The van der Waals surface area contributed by atoms with Crippen LogP contribution in [0.15, 0.2) is 42.9 Å². The van der Waals surface area contributed by atoms with E-state index in [4.69, 9.17) is 10.5 Å². The molecule has 90 valence electrons. The number of pyridine rings is 1. The maximum Gasteiger partial charge on any atom is 0.165 e. The van der Waals surface area contributed by atoms with Gasteiger partial charge >= 0.3 is 0 Å². The molecule has 0 aliphatic heterocycles. The zero-order valence-corrected chi connectivity index (χ0v) is 9.87. The van der Waals surface area contributed by atoms with Crippen LogP contribution in [-0.2, 0) is 7.05 Å². The number of aryl methyl sites for hydroxylation is 1. The Hall–Kier alpha value is -2.56. The topological polar surface area (TPSA) is 66.0 Å². The highest BCUT2D eigenvalue weighted by atomic mass is 16.5. The predicted molar refractivity (Wildman–Crippen MR) is 69.4 cm³/mol. The average Bonchev–Trinajstić information content (AvgIpc) is 2.76. The summed E-state index contributed by atoms with van der Waals surface area (Å²) >= 11 is 0. The molecule has 1 aromatic carbocycles. The maximum absolute atomic E-state index is 5.89. The van der Waals surface area contributed by atoms with Crippen LogP contribution in [-0.4, -0.2) is 14.8 Å². The molecule has 0 unspecified atom stereocenters. The van der Waals surface area contributed by atoms with E-state index in [9.17, 15) is 0 Å². The van der Waals surface area contributed by atoms with Crippen LogP contribution in [0, 0.1) is 0 Å². The number of aromatic nitrogens is 3. The highest BCUT2D eigenvalue weighted by molar-refractivity contribution is 5.93. The van der Waals surface area contributed by atoms with Gasteiger partial charge in [0, 0.05) is 18.6 Å². The number of nitrogens with zero attached hydrogens (tertiary/aromatic N) is 3. The van der Waals surface area contributed by atoms with E-state index in [1.54, 1.807) is 23.3 Å². The third-order valence-electron chi connectivity index (χ3n) is 2.67. The molecule has 0 saturated heterocycles. The number of hydrogen-bond acceptors (Lipinski definition) is 4. The Labute approximate surface area is 104 Å². The van der Waals surface area contributed by atoms with E-state index in [2.05, 4.69) is 10.1 Å². The van der Waals surface area contributed by atoms with Crippen molar-refractivity contribution in [3.63, 3.8) is 0 Å². The first-order valence-electron chi connectivity index (χ1n) is 5.54. The number of hydrogen-bond donors (Lipinski definition) is 1. The SMILES string of the molecule is Cn1cc(Oc2ccnc3c(N)cccc23)cn1. The van der Waals surface area contributed by atoms with Crippen molar-refractivity contribution in [2.24, 2.45) is 7.05 Å². The van der Waals surface area contributed by atoms with Gasteiger partial charge in [-0.2, -0.15) is 5.10 Å². The number of para-hydroxylation sites is 1. The van der Waals surface area contributed by atoms with E-state index in [1.807, 2.05) is 31.3 Å². The molecule has 3 aromatic rings. The zero-order valence-electron chi connectivity index (χ0n) is 9.87. The minimum Gasteiger partial charge on any atom is -0.453 e. The molecule has 0 aliphatic rings. The van der Waals surface area contributed by atoms with Crippen molar-refractivity contribution in [3.05, 3.63) is 42.9 Å². The fraction of sp³-hybridized carbons (Fsp3) is 0.0769. The van der Waals surface area contributed by atoms with Gasteiger partial charge in [-0.15, -0.1) is 0 Å².